The Morgan fingerprint density at radius 3 is 2.75 bits per heavy atom. The van der Waals surface area contributed by atoms with Gasteiger partial charge in [0, 0.05) is 16.4 Å². The fourth-order valence-electron chi connectivity index (χ4n) is 2.36. The number of hydrogen-bond donors (Lipinski definition) is 0. The molecule has 1 aliphatic carbocycles. The number of thiophene rings is 1. The van der Waals surface area contributed by atoms with Crippen molar-refractivity contribution in [1.82, 2.24) is 0 Å². The van der Waals surface area contributed by atoms with Crippen LogP contribution in [-0.2, 0) is 6.42 Å². The first-order valence-corrected chi connectivity index (χ1v) is 6.35. The van der Waals surface area contributed by atoms with Gasteiger partial charge in [0.15, 0.2) is 5.78 Å². The van der Waals surface area contributed by atoms with Gasteiger partial charge in [0.25, 0.3) is 0 Å². The highest BCUT2D eigenvalue weighted by Crippen LogP contribution is 2.36. The van der Waals surface area contributed by atoms with Crippen molar-refractivity contribution in [3.8, 4) is 10.4 Å². The second kappa shape index (κ2) is 3.56. The molecule has 1 aliphatic rings. The topological polar surface area (TPSA) is 17.1 Å². The highest BCUT2D eigenvalue weighted by molar-refractivity contribution is 7.13. The predicted octanol–water partition coefficient (Wildman–Crippen LogP) is 3.79. The SMILES string of the molecule is CC1Cc2c(cccc2-c2cccs2)C1=O. The van der Waals surface area contributed by atoms with E-state index in [1.807, 2.05) is 19.1 Å². The number of hydrogen-bond acceptors (Lipinski definition) is 2. The summed E-state index contributed by atoms with van der Waals surface area (Å²) in [4.78, 5) is 13.2. The van der Waals surface area contributed by atoms with E-state index in [4.69, 9.17) is 0 Å². The van der Waals surface area contributed by atoms with Crippen LogP contribution in [0, 0.1) is 5.92 Å². The van der Waals surface area contributed by atoms with E-state index >= 15 is 0 Å². The van der Waals surface area contributed by atoms with Crippen LogP contribution in [0.3, 0.4) is 0 Å². The third kappa shape index (κ3) is 1.34. The number of carbonyl (C=O) groups excluding carboxylic acids is 1. The number of benzene rings is 1. The van der Waals surface area contributed by atoms with E-state index < -0.39 is 0 Å². The zero-order valence-corrected chi connectivity index (χ0v) is 9.88. The maximum absolute atomic E-state index is 11.9. The molecule has 0 radical (unpaired) electrons. The Morgan fingerprint density at radius 2 is 2.00 bits per heavy atom. The van der Waals surface area contributed by atoms with Crippen LogP contribution in [-0.4, -0.2) is 5.78 Å². The van der Waals surface area contributed by atoms with E-state index in [1.54, 1.807) is 11.3 Å². The molecule has 0 amide bonds. The first-order valence-electron chi connectivity index (χ1n) is 5.47. The van der Waals surface area contributed by atoms with Gasteiger partial charge in [-0.25, -0.2) is 0 Å². The fraction of sp³-hybridized carbons (Fsp3) is 0.214. The molecule has 1 heterocycles. The highest BCUT2D eigenvalue weighted by Gasteiger charge is 2.28. The van der Waals surface area contributed by atoms with Gasteiger partial charge in [-0.05, 0) is 29.0 Å². The number of rotatable bonds is 1. The van der Waals surface area contributed by atoms with Crippen LogP contribution in [0.25, 0.3) is 10.4 Å². The zero-order valence-electron chi connectivity index (χ0n) is 9.07. The van der Waals surface area contributed by atoms with Crippen molar-refractivity contribution >= 4 is 17.1 Å². The Hall–Kier alpha value is -1.41. The summed E-state index contributed by atoms with van der Waals surface area (Å²) in [7, 11) is 0. The Morgan fingerprint density at radius 1 is 1.19 bits per heavy atom. The molecule has 3 rings (SSSR count). The molecule has 1 atom stereocenters. The van der Waals surface area contributed by atoms with Crippen LogP contribution in [0.2, 0.25) is 0 Å². The summed E-state index contributed by atoms with van der Waals surface area (Å²) in [6.45, 7) is 2.01. The van der Waals surface area contributed by atoms with E-state index in [1.165, 1.54) is 16.0 Å². The average Bonchev–Trinajstić information content (AvgIpc) is 2.89. The number of ketones is 1. The minimum atomic E-state index is 0.149. The molecule has 1 aromatic heterocycles. The van der Waals surface area contributed by atoms with Gasteiger partial charge >= 0.3 is 0 Å². The smallest absolute Gasteiger partial charge is 0.166 e. The molecule has 2 aromatic rings. The lowest BCUT2D eigenvalue weighted by molar-refractivity contribution is 0.0946. The first-order chi connectivity index (χ1) is 7.77. The zero-order chi connectivity index (χ0) is 11.1. The number of carbonyl (C=O) groups is 1. The molecule has 0 saturated carbocycles. The summed E-state index contributed by atoms with van der Waals surface area (Å²) < 4.78 is 0. The van der Waals surface area contributed by atoms with Crippen molar-refractivity contribution in [2.24, 2.45) is 5.92 Å². The standard InChI is InChI=1S/C14H12OS/c1-9-8-12-10(13-6-3-7-16-13)4-2-5-11(12)14(9)15/h2-7,9H,8H2,1H3. The van der Waals surface area contributed by atoms with Crippen molar-refractivity contribution in [2.45, 2.75) is 13.3 Å². The lowest BCUT2D eigenvalue weighted by atomic mass is 10.0. The van der Waals surface area contributed by atoms with Crippen LogP contribution in [0.15, 0.2) is 35.7 Å². The van der Waals surface area contributed by atoms with Gasteiger partial charge in [-0.3, -0.25) is 4.79 Å². The van der Waals surface area contributed by atoms with Gasteiger partial charge in [-0.2, -0.15) is 0 Å². The van der Waals surface area contributed by atoms with Crippen LogP contribution in [0.5, 0.6) is 0 Å². The summed E-state index contributed by atoms with van der Waals surface area (Å²) >= 11 is 1.73. The van der Waals surface area contributed by atoms with Crippen LogP contribution in [0.4, 0.5) is 0 Å². The van der Waals surface area contributed by atoms with Crippen molar-refractivity contribution in [3.63, 3.8) is 0 Å². The second-order valence-electron chi connectivity index (χ2n) is 4.28. The van der Waals surface area contributed by atoms with Crippen molar-refractivity contribution < 1.29 is 4.79 Å². The van der Waals surface area contributed by atoms with Crippen molar-refractivity contribution in [3.05, 3.63) is 46.8 Å². The molecule has 0 spiro atoms. The van der Waals surface area contributed by atoms with Gasteiger partial charge in [-0.15, -0.1) is 11.3 Å². The summed E-state index contributed by atoms with van der Waals surface area (Å²) in [5, 5.41) is 2.08. The molecule has 0 aliphatic heterocycles. The largest absolute Gasteiger partial charge is 0.294 e. The molecule has 16 heavy (non-hydrogen) atoms. The van der Waals surface area contributed by atoms with Crippen molar-refractivity contribution in [1.29, 1.82) is 0 Å². The second-order valence-corrected chi connectivity index (χ2v) is 5.23. The highest BCUT2D eigenvalue weighted by atomic mass is 32.1. The van der Waals surface area contributed by atoms with Gasteiger partial charge in [0.1, 0.15) is 0 Å². The van der Waals surface area contributed by atoms with E-state index in [0.717, 1.165) is 12.0 Å². The third-order valence-corrected chi connectivity index (χ3v) is 4.09. The summed E-state index contributed by atoms with van der Waals surface area (Å²) in [5.74, 6) is 0.449. The van der Waals surface area contributed by atoms with Crippen LogP contribution < -0.4 is 0 Å². The fourth-order valence-corrected chi connectivity index (χ4v) is 3.14. The lowest BCUT2D eigenvalue weighted by Crippen LogP contribution is -2.02. The Labute approximate surface area is 98.7 Å². The van der Waals surface area contributed by atoms with Gasteiger partial charge in [-0.1, -0.05) is 31.2 Å². The van der Waals surface area contributed by atoms with Gasteiger partial charge < -0.3 is 0 Å². The minimum Gasteiger partial charge on any atom is -0.294 e. The number of fused-ring (bicyclic) bond motifs is 1. The van der Waals surface area contributed by atoms with Gasteiger partial charge in [0.05, 0.1) is 0 Å². The minimum absolute atomic E-state index is 0.149. The normalized spacial score (nSPS) is 18.8. The van der Waals surface area contributed by atoms with Gasteiger partial charge in [0.2, 0.25) is 0 Å². The maximum atomic E-state index is 11.9. The maximum Gasteiger partial charge on any atom is 0.166 e. The summed E-state index contributed by atoms with van der Waals surface area (Å²) in [5.41, 5.74) is 3.41. The Bertz CT molecular complexity index is 540. The number of Topliss-reactive ketones (excluding diaryl/α,β-unsaturated/α-hetero) is 1. The molecule has 1 nitrogen and oxygen atoms in total. The molecule has 0 saturated heterocycles. The molecule has 1 aromatic carbocycles. The molecular formula is C14H12OS. The van der Waals surface area contributed by atoms with E-state index in [2.05, 4.69) is 23.6 Å². The van der Waals surface area contributed by atoms with E-state index in [9.17, 15) is 4.79 Å². The summed E-state index contributed by atoms with van der Waals surface area (Å²) in [6.07, 6.45) is 0.891. The van der Waals surface area contributed by atoms with Crippen molar-refractivity contribution in [2.75, 3.05) is 0 Å². The summed E-state index contributed by atoms with van der Waals surface area (Å²) in [6, 6.07) is 10.2. The molecular weight excluding hydrogens is 216 g/mol. The lowest BCUT2D eigenvalue weighted by Gasteiger charge is -2.04. The van der Waals surface area contributed by atoms with E-state index in [0.29, 0.717) is 5.78 Å². The quantitative estimate of drug-likeness (QED) is 0.725. The van der Waals surface area contributed by atoms with Crippen LogP contribution >= 0.6 is 11.3 Å². The first kappa shape index (κ1) is 9.79. The molecule has 2 heteroatoms. The Kier molecular flexibility index (Phi) is 2.18. The Balaban J connectivity index is 2.20. The van der Waals surface area contributed by atoms with E-state index in [-0.39, 0.29) is 5.92 Å². The predicted molar refractivity (Wildman–Crippen MR) is 67.0 cm³/mol. The van der Waals surface area contributed by atoms with Crippen LogP contribution in [0.1, 0.15) is 22.8 Å². The molecule has 0 fully saturated rings. The third-order valence-electron chi connectivity index (χ3n) is 3.19. The average molecular weight is 228 g/mol. The molecule has 0 bridgehead atoms. The molecule has 80 valence electrons. The monoisotopic (exact) mass is 228 g/mol. The molecule has 0 N–H and O–H groups in total. The molecule has 1 unspecified atom stereocenters.